The third-order valence-electron chi connectivity index (χ3n) is 2.86. The van der Waals surface area contributed by atoms with E-state index in [0.29, 0.717) is 12.5 Å². The highest BCUT2D eigenvalue weighted by Gasteiger charge is 2.27. The van der Waals surface area contributed by atoms with Gasteiger partial charge in [-0.2, -0.15) is 13.1 Å². The Labute approximate surface area is 91.2 Å². The molecule has 0 aromatic rings. The van der Waals surface area contributed by atoms with Crippen molar-refractivity contribution in [2.75, 3.05) is 19.6 Å². The average molecular weight is 233 g/mol. The molecule has 0 spiro atoms. The molecule has 2 fully saturated rings. The van der Waals surface area contributed by atoms with E-state index >= 15 is 0 Å². The number of hydrogen-bond acceptors (Lipinski definition) is 3. The summed E-state index contributed by atoms with van der Waals surface area (Å²) in [4.78, 5) is 0. The number of piperidine rings is 1. The van der Waals surface area contributed by atoms with Gasteiger partial charge in [0.1, 0.15) is 0 Å². The van der Waals surface area contributed by atoms with Crippen LogP contribution in [0.15, 0.2) is 0 Å². The molecular formula is C9H19N3O2S. The summed E-state index contributed by atoms with van der Waals surface area (Å²) in [5.74, 6) is 0.439. The highest BCUT2D eigenvalue weighted by molar-refractivity contribution is 7.87. The summed E-state index contributed by atoms with van der Waals surface area (Å²) in [6, 6.07) is 0.187. The monoisotopic (exact) mass is 233 g/mol. The molecule has 0 radical (unpaired) electrons. The third-order valence-corrected chi connectivity index (χ3v) is 4.05. The van der Waals surface area contributed by atoms with Crippen LogP contribution in [0.4, 0.5) is 0 Å². The summed E-state index contributed by atoms with van der Waals surface area (Å²) < 4.78 is 28.2. The molecule has 1 aliphatic carbocycles. The second-order valence-corrected chi connectivity index (χ2v) is 5.99. The van der Waals surface area contributed by atoms with Crippen LogP contribution in [0.1, 0.15) is 25.7 Å². The first-order chi connectivity index (χ1) is 7.16. The van der Waals surface area contributed by atoms with Crippen LogP contribution in [0.2, 0.25) is 0 Å². The molecule has 2 rings (SSSR count). The van der Waals surface area contributed by atoms with Crippen LogP contribution in [-0.4, -0.2) is 34.1 Å². The molecule has 0 bridgehead atoms. The Hall–Kier alpha value is -0.170. The lowest BCUT2D eigenvalue weighted by atomic mass is 10.0. The summed E-state index contributed by atoms with van der Waals surface area (Å²) in [5, 5.41) is 3.27. The number of nitrogens with one attached hydrogen (secondary N) is 3. The first-order valence-electron chi connectivity index (χ1n) is 5.63. The molecule has 1 heterocycles. The van der Waals surface area contributed by atoms with Crippen LogP contribution in [-0.2, 0) is 10.2 Å². The van der Waals surface area contributed by atoms with Gasteiger partial charge in [0, 0.05) is 12.6 Å². The van der Waals surface area contributed by atoms with E-state index in [1.165, 1.54) is 0 Å². The average Bonchev–Trinajstić information content (AvgIpc) is 3.00. The summed E-state index contributed by atoms with van der Waals surface area (Å²) in [6.45, 7) is 2.53. The maximum Gasteiger partial charge on any atom is 0.277 e. The van der Waals surface area contributed by atoms with E-state index in [4.69, 9.17) is 0 Å². The van der Waals surface area contributed by atoms with Gasteiger partial charge >= 0.3 is 0 Å². The van der Waals surface area contributed by atoms with Crippen LogP contribution < -0.4 is 14.8 Å². The van der Waals surface area contributed by atoms with Gasteiger partial charge in [0.25, 0.3) is 10.2 Å². The Kier molecular flexibility index (Phi) is 3.60. The van der Waals surface area contributed by atoms with Gasteiger partial charge in [0.05, 0.1) is 0 Å². The molecule has 1 aliphatic heterocycles. The van der Waals surface area contributed by atoms with E-state index in [1.54, 1.807) is 0 Å². The highest BCUT2D eigenvalue weighted by Crippen LogP contribution is 2.19. The predicted molar refractivity (Wildman–Crippen MR) is 58.7 cm³/mol. The van der Waals surface area contributed by atoms with Gasteiger partial charge in [-0.1, -0.05) is 0 Å². The lowest BCUT2D eigenvalue weighted by Gasteiger charge is -2.22. The Bertz CT molecular complexity index is 294. The predicted octanol–water partition coefficient (Wildman–Crippen LogP) is -0.428. The summed E-state index contributed by atoms with van der Waals surface area (Å²) in [7, 11) is -3.25. The molecule has 6 heteroatoms. The Morgan fingerprint density at radius 3 is 2.67 bits per heavy atom. The van der Waals surface area contributed by atoms with Crippen molar-refractivity contribution in [1.82, 2.24) is 14.8 Å². The van der Waals surface area contributed by atoms with Crippen LogP contribution >= 0.6 is 0 Å². The maximum atomic E-state index is 11.5. The fourth-order valence-corrected chi connectivity index (χ4v) is 3.00. The van der Waals surface area contributed by atoms with Gasteiger partial charge in [0.2, 0.25) is 0 Å². The highest BCUT2D eigenvalue weighted by atomic mass is 32.2. The van der Waals surface area contributed by atoms with E-state index < -0.39 is 10.2 Å². The van der Waals surface area contributed by atoms with Gasteiger partial charge in [0.15, 0.2) is 0 Å². The molecule has 5 nitrogen and oxygen atoms in total. The quantitative estimate of drug-likeness (QED) is 0.603. The molecule has 1 atom stereocenters. The first-order valence-corrected chi connectivity index (χ1v) is 7.12. The van der Waals surface area contributed by atoms with Crippen molar-refractivity contribution in [3.05, 3.63) is 0 Å². The smallest absolute Gasteiger partial charge is 0.277 e. The zero-order valence-electron chi connectivity index (χ0n) is 8.83. The summed E-state index contributed by atoms with van der Waals surface area (Å²) in [5.41, 5.74) is 0. The molecule has 15 heavy (non-hydrogen) atoms. The van der Waals surface area contributed by atoms with Crippen LogP contribution in [0.5, 0.6) is 0 Å². The maximum absolute atomic E-state index is 11.5. The molecule has 3 N–H and O–H groups in total. The molecular weight excluding hydrogens is 214 g/mol. The van der Waals surface area contributed by atoms with Crippen LogP contribution in [0.25, 0.3) is 0 Å². The van der Waals surface area contributed by atoms with Crippen LogP contribution in [0, 0.1) is 5.92 Å². The van der Waals surface area contributed by atoms with E-state index in [-0.39, 0.29) is 6.04 Å². The zero-order chi connectivity index (χ0) is 10.7. The van der Waals surface area contributed by atoms with Gasteiger partial charge in [-0.3, -0.25) is 0 Å². The van der Waals surface area contributed by atoms with E-state index in [2.05, 4.69) is 14.8 Å². The van der Waals surface area contributed by atoms with Gasteiger partial charge < -0.3 is 5.32 Å². The number of rotatable bonds is 5. The van der Waals surface area contributed by atoms with Crippen molar-refractivity contribution >= 4 is 10.2 Å². The Morgan fingerprint density at radius 2 is 2.07 bits per heavy atom. The van der Waals surface area contributed by atoms with Crippen LogP contribution in [0.3, 0.4) is 0 Å². The molecule has 1 unspecified atom stereocenters. The second kappa shape index (κ2) is 4.78. The fourth-order valence-electron chi connectivity index (χ4n) is 1.79. The molecule has 0 amide bonds. The molecule has 88 valence electrons. The van der Waals surface area contributed by atoms with Crippen molar-refractivity contribution < 1.29 is 8.42 Å². The van der Waals surface area contributed by atoms with E-state index in [0.717, 1.165) is 38.8 Å². The van der Waals surface area contributed by atoms with E-state index in [1.807, 2.05) is 0 Å². The minimum absolute atomic E-state index is 0.187. The molecule has 2 aliphatic rings. The van der Waals surface area contributed by atoms with Gasteiger partial charge in [-0.25, -0.2) is 4.72 Å². The Balaban J connectivity index is 1.70. The molecule has 0 aromatic heterocycles. The summed E-state index contributed by atoms with van der Waals surface area (Å²) >= 11 is 0. The SMILES string of the molecule is O=S(=O)(NCC1CCCNC1)NC1CC1. The van der Waals surface area contributed by atoms with Gasteiger partial charge in [-0.15, -0.1) is 0 Å². The topological polar surface area (TPSA) is 70.2 Å². The standard InChI is InChI=1S/C9H19N3O2S/c13-15(14,12-9-3-4-9)11-7-8-2-1-5-10-6-8/h8-12H,1-7H2. The third kappa shape index (κ3) is 4.06. The molecule has 1 saturated carbocycles. The normalized spacial score (nSPS) is 27.9. The lowest BCUT2D eigenvalue weighted by Crippen LogP contribution is -2.43. The van der Waals surface area contributed by atoms with E-state index in [9.17, 15) is 8.42 Å². The van der Waals surface area contributed by atoms with Crippen molar-refractivity contribution in [2.24, 2.45) is 5.92 Å². The second-order valence-electron chi connectivity index (χ2n) is 4.46. The first kappa shape index (κ1) is 11.3. The minimum atomic E-state index is -3.25. The Morgan fingerprint density at radius 1 is 1.27 bits per heavy atom. The van der Waals surface area contributed by atoms with Crippen molar-refractivity contribution in [3.63, 3.8) is 0 Å². The van der Waals surface area contributed by atoms with Crippen molar-refractivity contribution in [3.8, 4) is 0 Å². The van der Waals surface area contributed by atoms with Crippen molar-refractivity contribution in [1.29, 1.82) is 0 Å². The lowest BCUT2D eigenvalue weighted by molar-refractivity contribution is 0.375. The molecule has 1 saturated heterocycles. The largest absolute Gasteiger partial charge is 0.316 e. The zero-order valence-corrected chi connectivity index (χ0v) is 9.65. The number of hydrogen-bond donors (Lipinski definition) is 3. The summed E-state index contributed by atoms with van der Waals surface area (Å²) in [6.07, 6.45) is 4.21. The fraction of sp³-hybridized carbons (Fsp3) is 1.00. The van der Waals surface area contributed by atoms with Crippen molar-refractivity contribution in [2.45, 2.75) is 31.7 Å². The minimum Gasteiger partial charge on any atom is -0.316 e. The molecule has 0 aromatic carbocycles. The van der Waals surface area contributed by atoms with Gasteiger partial charge in [-0.05, 0) is 44.7 Å².